The molecule has 1 aromatic carbocycles. The predicted octanol–water partition coefficient (Wildman–Crippen LogP) is 3.11. The van der Waals surface area contributed by atoms with Crippen LogP contribution in [0.1, 0.15) is 12.0 Å². The Balaban J connectivity index is 1.79. The Bertz CT molecular complexity index is 850. The van der Waals surface area contributed by atoms with Gasteiger partial charge in [0.2, 0.25) is 5.91 Å². The number of thiophene rings is 1. The van der Waals surface area contributed by atoms with Crippen LogP contribution in [0.3, 0.4) is 0 Å². The molecule has 0 spiro atoms. The average molecular weight is 429 g/mol. The van der Waals surface area contributed by atoms with Gasteiger partial charge in [-0.3, -0.25) is 4.79 Å². The highest BCUT2D eigenvalue weighted by molar-refractivity contribution is 9.10. The number of rotatable bonds is 4. The molecule has 0 N–H and O–H groups in total. The van der Waals surface area contributed by atoms with Crippen molar-refractivity contribution in [3.63, 3.8) is 0 Å². The zero-order valence-corrected chi connectivity index (χ0v) is 16.3. The number of hydrogen-bond acceptors (Lipinski definition) is 4. The van der Waals surface area contributed by atoms with Crippen LogP contribution in [-0.2, 0) is 21.2 Å². The fourth-order valence-electron chi connectivity index (χ4n) is 2.75. The molecular formula is C16H17BrN2O3S2. The monoisotopic (exact) mass is 428 g/mol. The zero-order chi connectivity index (χ0) is 17.3. The van der Waals surface area contributed by atoms with Gasteiger partial charge in [0.1, 0.15) is 4.21 Å². The molecule has 1 aromatic heterocycles. The van der Waals surface area contributed by atoms with Gasteiger partial charge in [-0.05, 0) is 48.1 Å². The number of nitrogens with zero attached hydrogens (tertiary/aromatic N) is 2. The third-order valence-corrected chi connectivity index (χ3v) is 7.65. The van der Waals surface area contributed by atoms with Crippen molar-refractivity contribution >= 4 is 48.9 Å². The first kappa shape index (κ1) is 17.6. The Kier molecular flexibility index (Phi) is 5.10. The van der Waals surface area contributed by atoms with Crippen molar-refractivity contribution in [2.75, 3.05) is 25.0 Å². The van der Waals surface area contributed by atoms with Crippen LogP contribution in [-0.4, -0.2) is 38.8 Å². The minimum Gasteiger partial charge on any atom is -0.311 e. The molecule has 3 rings (SSSR count). The molecule has 0 bridgehead atoms. The van der Waals surface area contributed by atoms with Gasteiger partial charge in [0.25, 0.3) is 10.0 Å². The van der Waals surface area contributed by atoms with Crippen LogP contribution in [0.15, 0.2) is 44.4 Å². The number of halogens is 1. The Morgan fingerprint density at radius 2 is 2.17 bits per heavy atom. The van der Waals surface area contributed by atoms with Gasteiger partial charge in [-0.1, -0.05) is 22.0 Å². The molecule has 0 unspecified atom stereocenters. The standard InChI is InChI=1S/C16H17BrN2O3S2/c1-18(24(21,22)16-5-3-9-23-16)11-15(20)19-8-2-4-12-10-13(17)6-7-14(12)19/h3,5-7,9-10H,2,4,8,11H2,1H3. The van der Waals surface area contributed by atoms with Gasteiger partial charge in [-0.15, -0.1) is 11.3 Å². The molecule has 128 valence electrons. The number of anilines is 1. The normalized spacial score (nSPS) is 14.7. The highest BCUT2D eigenvalue weighted by atomic mass is 79.9. The summed E-state index contributed by atoms with van der Waals surface area (Å²) in [6.07, 6.45) is 1.79. The highest BCUT2D eigenvalue weighted by Crippen LogP contribution is 2.30. The fourth-order valence-corrected chi connectivity index (χ4v) is 5.48. The van der Waals surface area contributed by atoms with E-state index in [1.807, 2.05) is 18.2 Å². The van der Waals surface area contributed by atoms with E-state index in [2.05, 4.69) is 15.9 Å². The van der Waals surface area contributed by atoms with Crippen LogP contribution in [0.5, 0.6) is 0 Å². The molecular weight excluding hydrogens is 412 g/mol. The summed E-state index contributed by atoms with van der Waals surface area (Å²) in [6, 6.07) is 9.06. The number of carbonyl (C=O) groups is 1. The summed E-state index contributed by atoms with van der Waals surface area (Å²) in [4.78, 5) is 14.4. The molecule has 5 nitrogen and oxygen atoms in total. The maximum absolute atomic E-state index is 12.7. The molecule has 1 aliphatic rings. The van der Waals surface area contributed by atoms with Crippen molar-refractivity contribution in [2.45, 2.75) is 17.1 Å². The molecule has 24 heavy (non-hydrogen) atoms. The largest absolute Gasteiger partial charge is 0.311 e. The summed E-state index contributed by atoms with van der Waals surface area (Å²) in [7, 11) is -2.17. The van der Waals surface area contributed by atoms with Gasteiger partial charge in [0.05, 0.1) is 6.54 Å². The predicted molar refractivity (Wildman–Crippen MR) is 99.0 cm³/mol. The van der Waals surface area contributed by atoms with Crippen molar-refractivity contribution < 1.29 is 13.2 Å². The van der Waals surface area contributed by atoms with E-state index >= 15 is 0 Å². The Morgan fingerprint density at radius 3 is 2.88 bits per heavy atom. The number of sulfonamides is 1. The number of carbonyl (C=O) groups excluding carboxylic acids is 1. The van der Waals surface area contributed by atoms with Crippen LogP contribution in [0, 0.1) is 0 Å². The van der Waals surface area contributed by atoms with E-state index in [4.69, 9.17) is 0 Å². The molecule has 0 fully saturated rings. The van der Waals surface area contributed by atoms with Crippen LogP contribution >= 0.6 is 27.3 Å². The Morgan fingerprint density at radius 1 is 1.38 bits per heavy atom. The third-order valence-electron chi connectivity index (χ3n) is 3.98. The highest BCUT2D eigenvalue weighted by Gasteiger charge is 2.28. The number of amides is 1. The average Bonchev–Trinajstić information content (AvgIpc) is 3.09. The summed E-state index contributed by atoms with van der Waals surface area (Å²) >= 11 is 4.60. The maximum Gasteiger partial charge on any atom is 0.252 e. The lowest BCUT2D eigenvalue weighted by Crippen LogP contribution is -2.43. The minimum atomic E-state index is -3.62. The van der Waals surface area contributed by atoms with E-state index in [1.54, 1.807) is 22.4 Å². The summed E-state index contributed by atoms with van der Waals surface area (Å²) in [5, 5.41) is 1.71. The molecule has 0 saturated heterocycles. The molecule has 2 aromatic rings. The quantitative estimate of drug-likeness (QED) is 0.751. The number of likely N-dealkylation sites (N-methyl/N-ethyl adjacent to an activating group) is 1. The number of benzene rings is 1. The van der Waals surface area contributed by atoms with Crippen molar-refractivity contribution in [1.82, 2.24) is 4.31 Å². The van der Waals surface area contributed by atoms with E-state index in [0.29, 0.717) is 6.54 Å². The first-order chi connectivity index (χ1) is 11.4. The van der Waals surface area contributed by atoms with Crippen LogP contribution < -0.4 is 4.90 Å². The Labute approximate surface area is 154 Å². The van der Waals surface area contributed by atoms with Crippen LogP contribution in [0.4, 0.5) is 5.69 Å². The van der Waals surface area contributed by atoms with E-state index in [-0.39, 0.29) is 16.7 Å². The molecule has 1 aliphatic heterocycles. The molecule has 1 amide bonds. The molecule has 0 radical (unpaired) electrons. The fraction of sp³-hybridized carbons (Fsp3) is 0.312. The number of fused-ring (bicyclic) bond motifs is 1. The first-order valence-corrected chi connectivity index (χ1v) is 10.6. The SMILES string of the molecule is CN(CC(=O)N1CCCc2cc(Br)ccc21)S(=O)(=O)c1cccs1. The second-order valence-corrected chi connectivity index (χ2v) is 9.75. The van der Waals surface area contributed by atoms with E-state index in [9.17, 15) is 13.2 Å². The summed E-state index contributed by atoms with van der Waals surface area (Å²) in [5.41, 5.74) is 1.98. The lowest BCUT2D eigenvalue weighted by molar-refractivity contribution is -0.118. The molecule has 8 heteroatoms. The molecule has 0 atom stereocenters. The zero-order valence-electron chi connectivity index (χ0n) is 13.1. The van der Waals surface area contributed by atoms with Crippen molar-refractivity contribution in [3.8, 4) is 0 Å². The lowest BCUT2D eigenvalue weighted by Gasteiger charge is -2.30. The van der Waals surface area contributed by atoms with Gasteiger partial charge in [-0.2, -0.15) is 4.31 Å². The molecule has 2 heterocycles. The topological polar surface area (TPSA) is 57.7 Å². The lowest BCUT2D eigenvalue weighted by atomic mass is 10.0. The van der Waals surface area contributed by atoms with Gasteiger partial charge in [0.15, 0.2) is 0 Å². The second kappa shape index (κ2) is 6.95. The Hall–Kier alpha value is -1.22. The smallest absolute Gasteiger partial charge is 0.252 e. The van der Waals surface area contributed by atoms with Crippen LogP contribution in [0.25, 0.3) is 0 Å². The second-order valence-electron chi connectivity index (χ2n) is 5.62. The van der Waals surface area contributed by atoms with Crippen LogP contribution in [0.2, 0.25) is 0 Å². The van der Waals surface area contributed by atoms with Gasteiger partial charge >= 0.3 is 0 Å². The van der Waals surface area contributed by atoms with Gasteiger partial charge in [-0.25, -0.2) is 8.42 Å². The van der Waals surface area contributed by atoms with Gasteiger partial charge < -0.3 is 4.90 Å². The van der Waals surface area contributed by atoms with E-state index in [1.165, 1.54) is 7.05 Å². The third kappa shape index (κ3) is 3.42. The minimum absolute atomic E-state index is 0.171. The molecule has 0 saturated carbocycles. The van der Waals surface area contributed by atoms with E-state index < -0.39 is 10.0 Å². The van der Waals surface area contributed by atoms with Gasteiger partial charge in [0, 0.05) is 23.8 Å². The van der Waals surface area contributed by atoms with E-state index in [0.717, 1.165) is 44.2 Å². The van der Waals surface area contributed by atoms with Crippen molar-refractivity contribution in [3.05, 3.63) is 45.7 Å². The number of aryl methyl sites for hydroxylation is 1. The summed E-state index contributed by atoms with van der Waals surface area (Å²) in [5.74, 6) is -0.207. The molecule has 0 aliphatic carbocycles. The van der Waals surface area contributed by atoms with Crippen molar-refractivity contribution in [1.29, 1.82) is 0 Å². The summed E-state index contributed by atoms with van der Waals surface area (Å²) < 4.78 is 27.3. The summed E-state index contributed by atoms with van der Waals surface area (Å²) in [6.45, 7) is 0.441. The van der Waals surface area contributed by atoms with Crippen molar-refractivity contribution in [2.24, 2.45) is 0 Å². The first-order valence-electron chi connectivity index (χ1n) is 7.48. The number of hydrogen-bond donors (Lipinski definition) is 0. The maximum atomic E-state index is 12.7.